The maximum atomic E-state index is 13.8. The lowest BCUT2D eigenvalue weighted by Crippen LogP contribution is -2.39. The summed E-state index contributed by atoms with van der Waals surface area (Å²) in [4.78, 5) is 22.8. The Kier molecular flexibility index (Phi) is 3.84. The summed E-state index contributed by atoms with van der Waals surface area (Å²) < 4.78 is 20.5. The van der Waals surface area contributed by atoms with Crippen LogP contribution in [0.5, 0.6) is 0 Å². The van der Waals surface area contributed by atoms with Crippen molar-refractivity contribution in [3.63, 3.8) is 0 Å². The first-order valence-corrected chi connectivity index (χ1v) is 10.2. The van der Waals surface area contributed by atoms with Crippen LogP contribution in [-0.4, -0.2) is 43.9 Å². The average Bonchev–Trinajstić information content (AvgIpc) is 3.52. The molecule has 0 radical (unpaired) electrons. The van der Waals surface area contributed by atoms with Crippen molar-refractivity contribution < 1.29 is 14.0 Å². The highest BCUT2D eigenvalue weighted by atomic mass is 16.5. The maximum Gasteiger partial charge on any atom is 0.280 e. The van der Waals surface area contributed by atoms with Gasteiger partial charge in [-0.1, -0.05) is 17.3 Å². The molecule has 9 heteroatoms. The first kappa shape index (κ1) is 17.8. The highest BCUT2D eigenvalue weighted by molar-refractivity contribution is 5.83. The standard InChI is InChI=1S/C21H21N5O4/c1-21(8-4-9-29-21)26-15-6-3-2-5-14(15)25-12-22-16(17(25)20(26)27)18-23-19(30-24-18)13-7-10-28-11-13/h2-3,5-6,12-13H,4,7-11H2,1H3. The summed E-state index contributed by atoms with van der Waals surface area (Å²) in [6, 6.07) is 7.78. The summed E-state index contributed by atoms with van der Waals surface area (Å²) in [5.41, 5.74) is 1.62. The second kappa shape index (κ2) is 6.48. The van der Waals surface area contributed by atoms with Gasteiger partial charge in [-0.2, -0.15) is 4.98 Å². The van der Waals surface area contributed by atoms with Crippen molar-refractivity contribution in [2.75, 3.05) is 19.8 Å². The maximum absolute atomic E-state index is 13.8. The van der Waals surface area contributed by atoms with Gasteiger partial charge in [0.05, 0.1) is 23.6 Å². The smallest absolute Gasteiger partial charge is 0.280 e. The fraction of sp³-hybridized carbons (Fsp3) is 0.429. The highest BCUT2D eigenvalue weighted by Gasteiger charge is 2.35. The van der Waals surface area contributed by atoms with Gasteiger partial charge >= 0.3 is 0 Å². The zero-order valence-corrected chi connectivity index (χ0v) is 16.6. The van der Waals surface area contributed by atoms with E-state index in [1.54, 1.807) is 15.3 Å². The molecule has 4 aromatic rings. The van der Waals surface area contributed by atoms with E-state index in [1.165, 1.54) is 0 Å². The summed E-state index contributed by atoms with van der Waals surface area (Å²) in [6.45, 7) is 3.85. The SMILES string of the molecule is CC1(n2c(=O)c3c(-c4noc(C5CCOC5)n4)ncn3c3ccccc32)CCCO1. The van der Waals surface area contributed by atoms with E-state index in [9.17, 15) is 4.79 Å². The van der Waals surface area contributed by atoms with Crippen molar-refractivity contribution >= 4 is 16.6 Å². The second-order valence-corrected chi connectivity index (χ2v) is 8.08. The number of fused-ring (bicyclic) bond motifs is 3. The number of nitrogens with zero attached hydrogens (tertiary/aromatic N) is 5. The first-order valence-electron chi connectivity index (χ1n) is 10.2. The Labute approximate surface area is 171 Å². The van der Waals surface area contributed by atoms with Gasteiger partial charge in [-0.3, -0.25) is 13.8 Å². The fourth-order valence-corrected chi connectivity index (χ4v) is 4.61. The van der Waals surface area contributed by atoms with Crippen LogP contribution in [-0.2, 0) is 15.2 Å². The van der Waals surface area contributed by atoms with Crippen LogP contribution in [0.25, 0.3) is 28.1 Å². The molecule has 9 nitrogen and oxygen atoms in total. The summed E-state index contributed by atoms with van der Waals surface area (Å²) in [5.74, 6) is 0.926. The molecule has 0 spiro atoms. The molecule has 1 aromatic carbocycles. The van der Waals surface area contributed by atoms with E-state index >= 15 is 0 Å². The predicted octanol–water partition coefficient (Wildman–Crippen LogP) is 2.69. The Bertz CT molecular complexity index is 1310. The second-order valence-electron chi connectivity index (χ2n) is 8.08. The van der Waals surface area contributed by atoms with Gasteiger partial charge in [-0.05, 0) is 38.3 Å². The molecule has 2 aliphatic heterocycles. The van der Waals surface area contributed by atoms with Crippen molar-refractivity contribution in [2.24, 2.45) is 0 Å². The van der Waals surface area contributed by atoms with Crippen LogP contribution < -0.4 is 5.56 Å². The predicted molar refractivity (Wildman–Crippen MR) is 107 cm³/mol. The number of hydrogen-bond donors (Lipinski definition) is 0. The average molecular weight is 407 g/mol. The van der Waals surface area contributed by atoms with E-state index in [-0.39, 0.29) is 11.5 Å². The van der Waals surface area contributed by atoms with Gasteiger partial charge in [-0.15, -0.1) is 0 Å². The van der Waals surface area contributed by atoms with E-state index in [4.69, 9.17) is 14.0 Å². The number of benzene rings is 1. The molecule has 2 saturated heterocycles. The molecule has 2 fully saturated rings. The van der Waals surface area contributed by atoms with Crippen LogP contribution in [0.15, 0.2) is 39.9 Å². The molecule has 2 aliphatic rings. The minimum atomic E-state index is -0.705. The Hall–Kier alpha value is -3.04. The zero-order chi connectivity index (χ0) is 20.3. The summed E-state index contributed by atoms with van der Waals surface area (Å²) in [7, 11) is 0. The van der Waals surface area contributed by atoms with Crippen molar-refractivity contribution in [1.82, 2.24) is 24.1 Å². The molecule has 30 heavy (non-hydrogen) atoms. The number of ether oxygens (including phenoxy) is 2. The number of rotatable bonds is 3. The molecule has 0 saturated carbocycles. The van der Waals surface area contributed by atoms with Crippen LogP contribution in [0.1, 0.15) is 38.0 Å². The lowest BCUT2D eigenvalue weighted by molar-refractivity contribution is -0.0447. The minimum absolute atomic E-state index is 0.0865. The fourth-order valence-electron chi connectivity index (χ4n) is 4.61. The normalized spacial score (nSPS) is 24.4. The van der Waals surface area contributed by atoms with Crippen LogP contribution in [0.4, 0.5) is 0 Å². The topological polar surface area (TPSA) is 96.7 Å². The largest absolute Gasteiger partial charge is 0.381 e. The molecule has 5 heterocycles. The molecule has 6 rings (SSSR count). The van der Waals surface area contributed by atoms with Crippen LogP contribution in [0, 0.1) is 0 Å². The van der Waals surface area contributed by atoms with Gasteiger partial charge < -0.3 is 14.0 Å². The van der Waals surface area contributed by atoms with E-state index < -0.39 is 5.72 Å². The Morgan fingerprint density at radius 3 is 2.83 bits per heavy atom. The first-order chi connectivity index (χ1) is 14.7. The van der Waals surface area contributed by atoms with Crippen molar-refractivity contribution in [3.8, 4) is 11.5 Å². The molecule has 0 N–H and O–H groups in total. The number of aromatic nitrogens is 5. The summed E-state index contributed by atoms with van der Waals surface area (Å²) >= 11 is 0. The molecule has 0 bridgehead atoms. The van der Waals surface area contributed by atoms with E-state index in [0.717, 1.165) is 30.3 Å². The van der Waals surface area contributed by atoms with Gasteiger partial charge in [0.2, 0.25) is 11.7 Å². The monoisotopic (exact) mass is 407 g/mol. The molecule has 0 amide bonds. The number of hydrogen-bond acceptors (Lipinski definition) is 7. The van der Waals surface area contributed by atoms with E-state index in [0.29, 0.717) is 42.7 Å². The van der Waals surface area contributed by atoms with Crippen molar-refractivity contribution in [3.05, 3.63) is 46.8 Å². The Morgan fingerprint density at radius 2 is 2.07 bits per heavy atom. The molecular weight excluding hydrogens is 386 g/mol. The quantitative estimate of drug-likeness (QED) is 0.515. The third-order valence-corrected chi connectivity index (χ3v) is 6.16. The summed E-state index contributed by atoms with van der Waals surface area (Å²) in [5, 5.41) is 4.12. The lowest BCUT2D eigenvalue weighted by atomic mass is 10.1. The van der Waals surface area contributed by atoms with Gasteiger partial charge in [-0.25, -0.2) is 4.98 Å². The molecular formula is C21H21N5O4. The molecule has 3 aromatic heterocycles. The Morgan fingerprint density at radius 1 is 1.20 bits per heavy atom. The van der Waals surface area contributed by atoms with Gasteiger partial charge in [0.25, 0.3) is 5.56 Å². The summed E-state index contributed by atoms with van der Waals surface area (Å²) in [6.07, 6.45) is 4.17. The van der Waals surface area contributed by atoms with Crippen LogP contribution in [0.3, 0.4) is 0 Å². The zero-order valence-electron chi connectivity index (χ0n) is 16.6. The number of imidazole rings is 1. The minimum Gasteiger partial charge on any atom is -0.381 e. The molecule has 154 valence electrons. The van der Waals surface area contributed by atoms with Gasteiger partial charge in [0.15, 0.2) is 0 Å². The van der Waals surface area contributed by atoms with Crippen LogP contribution in [0.2, 0.25) is 0 Å². The highest BCUT2D eigenvalue weighted by Crippen LogP contribution is 2.33. The Balaban J connectivity index is 1.61. The van der Waals surface area contributed by atoms with E-state index in [2.05, 4.69) is 15.1 Å². The van der Waals surface area contributed by atoms with E-state index in [1.807, 2.05) is 31.2 Å². The van der Waals surface area contributed by atoms with Gasteiger partial charge in [0, 0.05) is 13.2 Å². The van der Waals surface area contributed by atoms with Crippen LogP contribution >= 0.6 is 0 Å². The van der Waals surface area contributed by atoms with Gasteiger partial charge in [0.1, 0.15) is 23.3 Å². The molecule has 2 unspecified atom stereocenters. The third kappa shape index (κ3) is 2.48. The number of para-hydroxylation sites is 2. The third-order valence-electron chi connectivity index (χ3n) is 6.16. The molecule has 2 atom stereocenters. The molecule has 0 aliphatic carbocycles. The lowest BCUT2D eigenvalue weighted by Gasteiger charge is -2.28. The van der Waals surface area contributed by atoms with Crippen molar-refractivity contribution in [2.45, 2.75) is 37.8 Å². The van der Waals surface area contributed by atoms with Crippen molar-refractivity contribution in [1.29, 1.82) is 0 Å².